The minimum Gasteiger partial charge on any atom is -0.370 e. The molecule has 14 heavy (non-hydrogen) atoms. The molecule has 0 aromatic carbocycles. The zero-order chi connectivity index (χ0) is 11.2. The largest absolute Gasteiger partial charge is 0.447 e. The van der Waals surface area contributed by atoms with Gasteiger partial charge in [-0.1, -0.05) is 0 Å². The predicted octanol–water partition coefficient (Wildman–Crippen LogP) is -0.232. The van der Waals surface area contributed by atoms with Crippen molar-refractivity contribution in [2.24, 2.45) is 11.5 Å². The molecule has 1 heterocycles. The van der Waals surface area contributed by atoms with Crippen LogP contribution in [0, 0.1) is 5.41 Å². The minimum absolute atomic E-state index is 0.155. The summed E-state index contributed by atoms with van der Waals surface area (Å²) in [6.45, 7) is 0. The molecule has 1 aromatic heterocycles. The Morgan fingerprint density at radius 1 is 1.57 bits per heavy atom. The maximum absolute atomic E-state index is 10.0. The molecule has 0 unspecified atom stereocenters. The molecule has 0 aliphatic heterocycles. The molecule has 7 nitrogen and oxygen atoms in total. The van der Waals surface area contributed by atoms with Crippen LogP contribution in [0.2, 0.25) is 0 Å². The second-order valence-corrected chi connectivity index (χ2v) is 3.83. The van der Waals surface area contributed by atoms with Crippen molar-refractivity contribution in [1.29, 1.82) is 5.41 Å². The lowest BCUT2D eigenvalue weighted by Gasteiger charge is -1.93. The van der Waals surface area contributed by atoms with Crippen LogP contribution in [0.25, 0.3) is 0 Å². The van der Waals surface area contributed by atoms with Gasteiger partial charge in [-0.2, -0.15) is 8.42 Å². The standard InChI is InChI=1S/C4H4O4S2.CH5N3/c5-10(6,7)8-4-2-1-3-9-4;2-1(3)4/h1-3H,(H,5,6,7);(H5,2,3,4). The minimum atomic E-state index is -4.34. The van der Waals surface area contributed by atoms with Crippen molar-refractivity contribution in [1.82, 2.24) is 0 Å². The third-order valence-electron chi connectivity index (χ3n) is 0.683. The highest BCUT2D eigenvalue weighted by Gasteiger charge is 2.05. The highest BCUT2D eigenvalue weighted by Crippen LogP contribution is 2.19. The molecule has 0 amide bonds. The molecule has 0 spiro atoms. The summed E-state index contributed by atoms with van der Waals surface area (Å²) < 4.78 is 32.3. The Hall–Kier alpha value is -1.32. The van der Waals surface area contributed by atoms with Crippen molar-refractivity contribution in [3.63, 3.8) is 0 Å². The van der Waals surface area contributed by atoms with Crippen LogP contribution in [0.1, 0.15) is 0 Å². The van der Waals surface area contributed by atoms with Gasteiger partial charge in [0.25, 0.3) is 0 Å². The van der Waals surface area contributed by atoms with E-state index in [1.54, 1.807) is 11.4 Å². The zero-order valence-electron chi connectivity index (χ0n) is 6.88. The fourth-order valence-electron chi connectivity index (χ4n) is 0.415. The summed E-state index contributed by atoms with van der Waals surface area (Å²) in [5.41, 5.74) is 8.94. The van der Waals surface area contributed by atoms with E-state index in [1.807, 2.05) is 0 Å². The number of guanidine groups is 1. The van der Waals surface area contributed by atoms with Gasteiger partial charge >= 0.3 is 10.4 Å². The smallest absolute Gasteiger partial charge is 0.370 e. The van der Waals surface area contributed by atoms with Crippen LogP contribution < -0.4 is 15.7 Å². The molecule has 1 aromatic rings. The maximum Gasteiger partial charge on any atom is 0.447 e. The summed E-state index contributed by atoms with van der Waals surface area (Å²) in [6.07, 6.45) is 0. The lowest BCUT2D eigenvalue weighted by Crippen LogP contribution is -2.20. The van der Waals surface area contributed by atoms with Crippen molar-refractivity contribution in [2.75, 3.05) is 0 Å². The van der Waals surface area contributed by atoms with Crippen LogP contribution in [0.5, 0.6) is 5.06 Å². The Kier molecular flexibility index (Phi) is 4.91. The quantitative estimate of drug-likeness (QED) is 0.319. The second-order valence-electron chi connectivity index (χ2n) is 1.90. The van der Waals surface area contributed by atoms with Gasteiger partial charge in [0, 0.05) is 0 Å². The van der Waals surface area contributed by atoms with Gasteiger partial charge in [-0.15, -0.1) is 11.3 Å². The van der Waals surface area contributed by atoms with E-state index < -0.39 is 10.4 Å². The van der Waals surface area contributed by atoms with E-state index in [1.165, 1.54) is 6.07 Å². The number of thiophene rings is 1. The number of nitrogens with one attached hydrogen (secondary N) is 1. The first kappa shape index (κ1) is 12.7. The molecule has 0 saturated carbocycles. The molecule has 9 heteroatoms. The molecular weight excluding hydrogens is 230 g/mol. The summed E-state index contributed by atoms with van der Waals surface area (Å²) in [5, 5.41) is 7.85. The summed E-state index contributed by atoms with van der Waals surface area (Å²) in [6, 6.07) is 3.06. The molecule has 0 aliphatic rings. The van der Waals surface area contributed by atoms with E-state index in [0.29, 0.717) is 0 Å². The van der Waals surface area contributed by atoms with Gasteiger partial charge in [-0.3, -0.25) is 9.96 Å². The molecule has 1 rings (SSSR count). The molecule has 0 aliphatic carbocycles. The average molecular weight is 239 g/mol. The maximum atomic E-state index is 10.0. The number of hydrogen-bond donors (Lipinski definition) is 4. The highest BCUT2D eigenvalue weighted by atomic mass is 32.3. The fourth-order valence-corrected chi connectivity index (χ4v) is 1.54. The van der Waals surface area contributed by atoms with E-state index in [-0.39, 0.29) is 11.0 Å². The Morgan fingerprint density at radius 2 is 2.07 bits per heavy atom. The number of hydrogen-bond acceptors (Lipinski definition) is 5. The Bertz CT molecular complexity index is 368. The van der Waals surface area contributed by atoms with Crippen LogP contribution >= 0.6 is 11.3 Å². The summed E-state index contributed by atoms with van der Waals surface area (Å²) in [5.74, 6) is -0.333. The fraction of sp³-hybridized carbons (Fsp3) is 0. The summed E-state index contributed by atoms with van der Waals surface area (Å²) in [4.78, 5) is 0. The van der Waals surface area contributed by atoms with Gasteiger partial charge in [0.15, 0.2) is 11.0 Å². The average Bonchev–Trinajstić information content (AvgIpc) is 2.33. The first-order valence-corrected chi connectivity index (χ1v) is 5.35. The molecular formula is C5H9N3O4S2. The second kappa shape index (κ2) is 5.42. The molecule has 0 atom stereocenters. The third-order valence-corrected chi connectivity index (χ3v) is 1.92. The zero-order valence-corrected chi connectivity index (χ0v) is 8.51. The monoisotopic (exact) mass is 239 g/mol. The molecule has 0 fully saturated rings. The van der Waals surface area contributed by atoms with Gasteiger partial charge in [0.2, 0.25) is 0 Å². The highest BCUT2D eigenvalue weighted by molar-refractivity contribution is 7.81. The van der Waals surface area contributed by atoms with Gasteiger partial charge in [0.1, 0.15) is 0 Å². The Labute approximate surface area is 84.8 Å². The Balaban J connectivity index is 0.000000364. The van der Waals surface area contributed by atoms with Crippen molar-refractivity contribution in [3.05, 3.63) is 17.5 Å². The lowest BCUT2D eigenvalue weighted by atomic mass is 10.7. The van der Waals surface area contributed by atoms with Crippen LogP contribution in [-0.4, -0.2) is 18.9 Å². The number of rotatable bonds is 2. The Morgan fingerprint density at radius 3 is 2.36 bits per heavy atom. The number of nitrogens with two attached hydrogens (primary N) is 2. The van der Waals surface area contributed by atoms with E-state index in [0.717, 1.165) is 11.3 Å². The molecule has 80 valence electrons. The lowest BCUT2D eigenvalue weighted by molar-refractivity contribution is 0.391. The molecule has 0 bridgehead atoms. The summed E-state index contributed by atoms with van der Waals surface area (Å²) >= 11 is 1.09. The first-order valence-electron chi connectivity index (χ1n) is 3.11. The van der Waals surface area contributed by atoms with Crippen LogP contribution in [0.15, 0.2) is 17.5 Å². The first-order chi connectivity index (χ1) is 6.31. The van der Waals surface area contributed by atoms with Crippen molar-refractivity contribution in [3.8, 4) is 5.06 Å². The van der Waals surface area contributed by atoms with Crippen molar-refractivity contribution in [2.45, 2.75) is 0 Å². The van der Waals surface area contributed by atoms with Gasteiger partial charge in [-0.25, -0.2) is 0 Å². The molecule has 0 saturated heterocycles. The van der Waals surface area contributed by atoms with Crippen LogP contribution in [-0.2, 0) is 10.4 Å². The molecule has 6 N–H and O–H groups in total. The van der Waals surface area contributed by atoms with Gasteiger partial charge < -0.3 is 15.7 Å². The van der Waals surface area contributed by atoms with Crippen molar-refractivity contribution >= 4 is 27.7 Å². The topological polar surface area (TPSA) is 139 Å². The summed E-state index contributed by atoms with van der Waals surface area (Å²) in [7, 11) is -4.34. The van der Waals surface area contributed by atoms with E-state index >= 15 is 0 Å². The third kappa shape index (κ3) is 8.77. The van der Waals surface area contributed by atoms with E-state index in [2.05, 4.69) is 15.7 Å². The van der Waals surface area contributed by atoms with Gasteiger partial charge in [0.05, 0.1) is 0 Å². The van der Waals surface area contributed by atoms with Crippen molar-refractivity contribution < 1.29 is 17.2 Å². The normalized spacial score (nSPS) is 9.79. The van der Waals surface area contributed by atoms with Gasteiger partial charge in [-0.05, 0) is 17.5 Å². The SMILES string of the molecule is N=C(N)N.O=S(=O)(O)Oc1cccs1. The van der Waals surface area contributed by atoms with Crippen LogP contribution in [0.3, 0.4) is 0 Å². The van der Waals surface area contributed by atoms with E-state index in [9.17, 15) is 8.42 Å². The van der Waals surface area contributed by atoms with Crippen LogP contribution in [0.4, 0.5) is 0 Å². The molecule has 0 radical (unpaired) electrons. The van der Waals surface area contributed by atoms with E-state index in [4.69, 9.17) is 9.96 Å². The predicted molar refractivity (Wildman–Crippen MR) is 52.6 cm³/mol.